The third-order valence-corrected chi connectivity index (χ3v) is 5.00. The minimum absolute atomic E-state index is 0.553. The van der Waals surface area contributed by atoms with Crippen molar-refractivity contribution >= 4 is 26.7 Å². The maximum atomic E-state index is 10.6. The molecule has 1 atom stereocenters. The summed E-state index contributed by atoms with van der Waals surface area (Å²) in [6, 6.07) is 18.2. The summed E-state index contributed by atoms with van der Waals surface area (Å²) >= 11 is 3.66. The fourth-order valence-corrected chi connectivity index (χ4v) is 3.54. The summed E-state index contributed by atoms with van der Waals surface area (Å²) in [6.45, 7) is 2.06. The number of benzene rings is 3. The van der Waals surface area contributed by atoms with Crippen LogP contribution in [0.15, 0.2) is 59.1 Å². The molecule has 3 aromatic carbocycles. The minimum Gasteiger partial charge on any atom is -0.496 e. The number of methoxy groups -OCH3 is 1. The van der Waals surface area contributed by atoms with Gasteiger partial charge in [-0.3, -0.25) is 0 Å². The van der Waals surface area contributed by atoms with Gasteiger partial charge in [0.2, 0.25) is 0 Å². The molecule has 118 valence electrons. The second-order valence-electron chi connectivity index (χ2n) is 5.73. The molecule has 23 heavy (non-hydrogen) atoms. The molecule has 0 radical (unpaired) electrons. The van der Waals surface area contributed by atoms with E-state index >= 15 is 0 Å². The van der Waals surface area contributed by atoms with Gasteiger partial charge in [0.15, 0.2) is 0 Å². The van der Waals surface area contributed by atoms with Crippen LogP contribution in [0.4, 0.5) is 0 Å². The molecule has 0 bridgehead atoms. The van der Waals surface area contributed by atoms with E-state index < -0.39 is 6.10 Å². The quantitative estimate of drug-likeness (QED) is 0.684. The van der Waals surface area contributed by atoms with Gasteiger partial charge in [-0.1, -0.05) is 54.1 Å². The molecule has 3 heteroatoms. The lowest BCUT2D eigenvalue weighted by Gasteiger charge is -2.16. The SMILES string of the molecule is COc1cccc2c(Br)c(C(O)Cc3ccc(C)cc3)ccc12. The normalized spacial score (nSPS) is 12.3. The number of hydrogen-bond donors (Lipinski definition) is 1. The smallest absolute Gasteiger partial charge is 0.126 e. The molecule has 0 fully saturated rings. The molecule has 0 aliphatic carbocycles. The highest BCUT2D eigenvalue weighted by Crippen LogP contribution is 2.36. The predicted molar refractivity (Wildman–Crippen MR) is 98.0 cm³/mol. The molecule has 3 aromatic rings. The molecule has 0 aliphatic rings. The predicted octanol–water partition coefficient (Wildman–Crippen LogP) is 5.20. The standard InChI is InChI=1S/C20H19BrO2/c1-13-6-8-14(9-7-13)12-18(22)17-11-10-15-16(20(17)21)4-3-5-19(15)23-2/h3-11,18,22H,12H2,1-2H3. The summed E-state index contributed by atoms with van der Waals surface area (Å²) in [7, 11) is 1.67. The lowest BCUT2D eigenvalue weighted by Crippen LogP contribution is -2.03. The van der Waals surface area contributed by atoms with Gasteiger partial charge in [0.25, 0.3) is 0 Å². The summed E-state index contributed by atoms with van der Waals surface area (Å²) in [6.07, 6.45) is 0.0386. The van der Waals surface area contributed by atoms with Gasteiger partial charge in [0, 0.05) is 16.3 Å². The highest BCUT2D eigenvalue weighted by Gasteiger charge is 2.15. The monoisotopic (exact) mass is 370 g/mol. The van der Waals surface area contributed by atoms with Crippen LogP contribution in [0.1, 0.15) is 22.8 Å². The van der Waals surface area contributed by atoms with Gasteiger partial charge >= 0.3 is 0 Å². The first-order valence-electron chi connectivity index (χ1n) is 7.59. The first kappa shape index (κ1) is 16.0. The molecular formula is C20H19BrO2. The second-order valence-corrected chi connectivity index (χ2v) is 6.52. The van der Waals surface area contributed by atoms with E-state index in [-0.39, 0.29) is 0 Å². The number of aliphatic hydroxyl groups is 1. The van der Waals surface area contributed by atoms with Gasteiger partial charge in [0.1, 0.15) is 5.75 Å². The van der Waals surface area contributed by atoms with Crippen LogP contribution >= 0.6 is 15.9 Å². The zero-order chi connectivity index (χ0) is 16.4. The van der Waals surface area contributed by atoms with E-state index in [0.29, 0.717) is 6.42 Å². The Kier molecular flexibility index (Phi) is 4.69. The average molecular weight is 371 g/mol. The highest BCUT2D eigenvalue weighted by molar-refractivity contribution is 9.10. The maximum Gasteiger partial charge on any atom is 0.126 e. The minimum atomic E-state index is -0.553. The van der Waals surface area contributed by atoms with Crippen molar-refractivity contribution in [3.63, 3.8) is 0 Å². The highest BCUT2D eigenvalue weighted by atomic mass is 79.9. The molecule has 1 unspecified atom stereocenters. The third kappa shape index (κ3) is 3.26. The van der Waals surface area contributed by atoms with Crippen molar-refractivity contribution in [1.29, 1.82) is 0 Å². The zero-order valence-corrected chi connectivity index (χ0v) is 14.8. The van der Waals surface area contributed by atoms with Crippen molar-refractivity contribution in [3.05, 3.63) is 75.8 Å². The van der Waals surface area contributed by atoms with E-state index in [0.717, 1.165) is 32.1 Å². The Bertz CT molecular complexity index is 825. The van der Waals surface area contributed by atoms with Crippen LogP contribution in [0, 0.1) is 6.92 Å². The lowest BCUT2D eigenvalue weighted by molar-refractivity contribution is 0.178. The van der Waals surface area contributed by atoms with Gasteiger partial charge in [0.05, 0.1) is 13.2 Å². The fourth-order valence-electron chi connectivity index (χ4n) is 2.80. The molecule has 0 aliphatic heterocycles. The van der Waals surface area contributed by atoms with E-state index in [1.807, 2.05) is 30.3 Å². The number of hydrogen-bond acceptors (Lipinski definition) is 2. The van der Waals surface area contributed by atoms with Crippen LogP contribution in [0.2, 0.25) is 0 Å². The van der Waals surface area contributed by atoms with Gasteiger partial charge in [-0.05, 0) is 45.4 Å². The van der Waals surface area contributed by atoms with Crippen molar-refractivity contribution in [2.24, 2.45) is 0 Å². The summed E-state index contributed by atoms with van der Waals surface area (Å²) < 4.78 is 6.33. The molecule has 0 saturated carbocycles. The number of rotatable bonds is 4. The number of halogens is 1. The van der Waals surface area contributed by atoms with Crippen LogP contribution in [0.3, 0.4) is 0 Å². The molecule has 0 aromatic heterocycles. The Morgan fingerprint density at radius 3 is 2.43 bits per heavy atom. The molecule has 0 amide bonds. The molecule has 1 N–H and O–H groups in total. The molecule has 0 spiro atoms. The molecule has 2 nitrogen and oxygen atoms in total. The Balaban J connectivity index is 1.96. The summed E-state index contributed by atoms with van der Waals surface area (Å²) in [5, 5.41) is 12.7. The summed E-state index contributed by atoms with van der Waals surface area (Å²) in [5.41, 5.74) is 3.24. The van der Waals surface area contributed by atoms with E-state index in [1.165, 1.54) is 5.56 Å². The van der Waals surface area contributed by atoms with Gasteiger partial charge in [-0.15, -0.1) is 0 Å². The van der Waals surface area contributed by atoms with Crippen molar-refractivity contribution in [1.82, 2.24) is 0 Å². The van der Waals surface area contributed by atoms with E-state index in [9.17, 15) is 5.11 Å². The largest absolute Gasteiger partial charge is 0.496 e. The second kappa shape index (κ2) is 6.73. The van der Waals surface area contributed by atoms with Crippen molar-refractivity contribution < 1.29 is 9.84 Å². The van der Waals surface area contributed by atoms with Crippen molar-refractivity contribution in [2.45, 2.75) is 19.4 Å². The zero-order valence-electron chi connectivity index (χ0n) is 13.2. The lowest BCUT2D eigenvalue weighted by atomic mass is 9.98. The van der Waals surface area contributed by atoms with Crippen molar-refractivity contribution in [3.8, 4) is 5.75 Å². The molecule has 0 saturated heterocycles. The Morgan fingerprint density at radius 2 is 1.74 bits per heavy atom. The van der Waals surface area contributed by atoms with Gasteiger partial charge < -0.3 is 9.84 Å². The number of fused-ring (bicyclic) bond motifs is 1. The fraction of sp³-hybridized carbons (Fsp3) is 0.200. The van der Waals surface area contributed by atoms with Crippen LogP contribution in [0.25, 0.3) is 10.8 Å². The summed E-state index contributed by atoms with van der Waals surface area (Å²) in [4.78, 5) is 0. The maximum absolute atomic E-state index is 10.6. The van der Waals surface area contributed by atoms with Crippen LogP contribution in [-0.4, -0.2) is 12.2 Å². The summed E-state index contributed by atoms with van der Waals surface area (Å²) in [5.74, 6) is 0.836. The number of aryl methyl sites for hydroxylation is 1. The molecular weight excluding hydrogens is 352 g/mol. The number of aliphatic hydroxyl groups excluding tert-OH is 1. The van der Waals surface area contributed by atoms with Crippen LogP contribution < -0.4 is 4.74 Å². The first-order valence-corrected chi connectivity index (χ1v) is 8.38. The Morgan fingerprint density at radius 1 is 1.00 bits per heavy atom. The topological polar surface area (TPSA) is 29.5 Å². The number of ether oxygens (including phenoxy) is 1. The van der Waals surface area contributed by atoms with Gasteiger partial charge in [-0.25, -0.2) is 0 Å². The molecule has 0 heterocycles. The average Bonchev–Trinajstić information content (AvgIpc) is 2.57. The van der Waals surface area contributed by atoms with Crippen molar-refractivity contribution in [2.75, 3.05) is 7.11 Å². The first-order chi connectivity index (χ1) is 11.1. The molecule has 3 rings (SSSR count). The van der Waals surface area contributed by atoms with Crippen LogP contribution in [0.5, 0.6) is 5.75 Å². The Hall–Kier alpha value is -1.84. The van der Waals surface area contributed by atoms with E-state index in [2.05, 4.69) is 47.1 Å². The van der Waals surface area contributed by atoms with Gasteiger partial charge in [-0.2, -0.15) is 0 Å². The Labute approximate surface area is 144 Å². The van der Waals surface area contributed by atoms with E-state index in [4.69, 9.17) is 4.74 Å². The third-order valence-electron chi connectivity index (χ3n) is 4.11. The van der Waals surface area contributed by atoms with E-state index in [1.54, 1.807) is 7.11 Å². The van der Waals surface area contributed by atoms with Crippen LogP contribution in [-0.2, 0) is 6.42 Å².